The normalized spacial score (nSPS) is 18.6. The van der Waals surface area contributed by atoms with Crippen LogP contribution in [0.1, 0.15) is 18.4 Å². The van der Waals surface area contributed by atoms with Gasteiger partial charge in [-0.15, -0.1) is 0 Å². The van der Waals surface area contributed by atoms with Gasteiger partial charge in [-0.3, -0.25) is 0 Å². The van der Waals surface area contributed by atoms with Crippen molar-refractivity contribution in [2.75, 3.05) is 37.7 Å². The molecule has 21 heavy (non-hydrogen) atoms. The van der Waals surface area contributed by atoms with Crippen LogP contribution in [0.25, 0.3) is 0 Å². The van der Waals surface area contributed by atoms with Crippen LogP contribution in [0.5, 0.6) is 5.75 Å². The van der Waals surface area contributed by atoms with E-state index in [9.17, 15) is 8.42 Å². The summed E-state index contributed by atoms with van der Waals surface area (Å²) in [6, 6.07) is 9.17. The van der Waals surface area contributed by atoms with Gasteiger partial charge >= 0.3 is 0 Å². The van der Waals surface area contributed by atoms with Crippen molar-refractivity contribution in [2.24, 2.45) is 0 Å². The molecule has 0 saturated carbocycles. The standard InChI is InChI=1S/C15H20N2O3S/c16-13-14-4-1-5-15(12-14)20-9-2-6-17-7-3-10-21(18,19)11-8-17/h1,4-5,12H,2-3,6-11H2. The lowest BCUT2D eigenvalue weighted by atomic mass is 10.2. The monoisotopic (exact) mass is 308 g/mol. The first-order valence-electron chi connectivity index (χ1n) is 7.15. The van der Waals surface area contributed by atoms with Crippen molar-refractivity contribution in [2.45, 2.75) is 12.8 Å². The Morgan fingerprint density at radius 2 is 2.14 bits per heavy atom. The third-order valence-corrected chi connectivity index (χ3v) is 5.21. The summed E-state index contributed by atoms with van der Waals surface area (Å²) in [5, 5.41) is 8.81. The van der Waals surface area contributed by atoms with E-state index in [1.54, 1.807) is 18.2 Å². The zero-order valence-electron chi connectivity index (χ0n) is 12.0. The van der Waals surface area contributed by atoms with Gasteiger partial charge in [-0.1, -0.05) is 6.07 Å². The van der Waals surface area contributed by atoms with Crippen LogP contribution in [0.4, 0.5) is 0 Å². The molecule has 1 saturated heterocycles. The third-order valence-electron chi connectivity index (χ3n) is 3.50. The Balaban J connectivity index is 1.71. The summed E-state index contributed by atoms with van der Waals surface area (Å²) in [5.41, 5.74) is 0.588. The summed E-state index contributed by atoms with van der Waals surface area (Å²) >= 11 is 0. The molecule has 1 aliphatic heterocycles. The Morgan fingerprint density at radius 3 is 2.95 bits per heavy atom. The number of ether oxygens (including phenoxy) is 1. The lowest BCUT2D eigenvalue weighted by Gasteiger charge is -2.18. The van der Waals surface area contributed by atoms with Gasteiger partial charge in [-0.2, -0.15) is 5.26 Å². The van der Waals surface area contributed by atoms with E-state index >= 15 is 0 Å². The lowest BCUT2D eigenvalue weighted by Crippen LogP contribution is -2.29. The molecule has 1 aliphatic rings. The first-order valence-corrected chi connectivity index (χ1v) is 8.97. The van der Waals surface area contributed by atoms with Crippen LogP contribution in [0.2, 0.25) is 0 Å². The number of benzene rings is 1. The van der Waals surface area contributed by atoms with E-state index in [1.807, 2.05) is 6.07 Å². The Hall–Kier alpha value is -1.58. The van der Waals surface area contributed by atoms with Gasteiger partial charge in [-0.05, 0) is 37.6 Å². The minimum absolute atomic E-state index is 0.262. The second-order valence-electron chi connectivity index (χ2n) is 5.19. The topological polar surface area (TPSA) is 70.4 Å². The van der Waals surface area contributed by atoms with E-state index in [0.717, 1.165) is 19.5 Å². The molecule has 0 aromatic heterocycles. The fourth-order valence-electron chi connectivity index (χ4n) is 2.35. The van der Waals surface area contributed by atoms with Gasteiger partial charge in [-0.25, -0.2) is 8.42 Å². The molecule has 2 rings (SSSR count). The molecule has 0 N–H and O–H groups in total. The van der Waals surface area contributed by atoms with Crippen molar-refractivity contribution in [3.05, 3.63) is 29.8 Å². The van der Waals surface area contributed by atoms with Crippen molar-refractivity contribution >= 4 is 9.84 Å². The molecule has 0 radical (unpaired) electrons. The molecule has 0 spiro atoms. The summed E-state index contributed by atoms with van der Waals surface area (Å²) < 4.78 is 28.6. The fourth-order valence-corrected chi connectivity index (χ4v) is 3.66. The maximum atomic E-state index is 11.5. The minimum Gasteiger partial charge on any atom is -0.494 e. The van der Waals surface area contributed by atoms with Gasteiger partial charge in [0.25, 0.3) is 0 Å². The Morgan fingerprint density at radius 1 is 1.29 bits per heavy atom. The highest BCUT2D eigenvalue weighted by atomic mass is 32.2. The van der Waals surface area contributed by atoms with Gasteiger partial charge in [0.05, 0.1) is 29.7 Å². The van der Waals surface area contributed by atoms with Crippen LogP contribution < -0.4 is 4.74 Å². The van der Waals surface area contributed by atoms with Gasteiger partial charge in [0, 0.05) is 13.1 Å². The molecule has 114 valence electrons. The number of sulfone groups is 1. The molecule has 6 heteroatoms. The average molecular weight is 308 g/mol. The predicted octanol–water partition coefficient (Wildman–Crippen LogP) is 1.45. The van der Waals surface area contributed by atoms with Crippen molar-refractivity contribution in [1.82, 2.24) is 4.90 Å². The zero-order valence-corrected chi connectivity index (χ0v) is 12.8. The highest BCUT2D eigenvalue weighted by molar-refractivity contribution is 7.91. The van der Waals surface area contributed by atoms with Crippen molar-refractivity contribution < 1.29 is 13.2 Å². The maximum absolute atomic E-state index is 11.5. The van der Waals surface area contributed by atoms with Gasteiger partial charge in [0.15, 0.2) is 9.84 Å². The summed E-state index contributed by atoms with van der Waals surface area (Å²) in [6.45, 7) is 2.86. The van der Waals surface area contributed by atoms with Gasteiger partial charge in [0.1, 0.15) is 5.75 Å². The summed E-state index contributed by atoms with van der Waals surface area (Å²) in [5.74, 6) is 1.27. The second kappa shape index (κ2) is 7.43. The molecule has 1 aromatic carbocycles. The van der Waals surface area contributed by atoms with Crippen molar-refractivity contribution in [3.63, 3.8) is 0 Å². The quantitative estimate of drug-likeness (QED) is 0.770. The number of hydrogen-bond acceptors (Lipinski definition) is 5. The van der Waals surface area contributed by atoms with E-state index in [0.29, 0.717) is 36.6 Å². The Bertz CT molecular complexity index is 608. The molecule has 1 fully saturated rings. The summed E-state index contributed by atoms with van der Waals surface area (Å²) in [4.78, 5) is 2.18. The predicted molar refractivity (Wildman–Crippen MR) is 81.0 cm³/mol. The molecular weight excluding hydrogens is 288 g/mol. The highest BCUT2D eigenvalue weighted by Crippen LogP contribution is 2.13. The largest absolute Gasteiger partial charge is 0.494 e. The van der Waals surface area contributed by atoms with Crippen LogP contribution >= 0.6 is 0 Å². The SMILES string of the molecule is N#Cc1cccc(OCCCN2CCCS(=O)(=O)CC2)c1. The molecule has 1 aromatic rings. The first kappa shape index (κ1) is 15.8. The molecule has 0 amide bonds. The molecule has 5 nitrogen and oxygen atoms in total. The Kier molecular flexibility index (Phi) is 5.59. The molecular formula is C15H20N2O3S. The van der Waals surface area contributed by atoms with Crippen LogP contribution in [-0.2, 0) is 9.84 Å². The van der Waals surface area contributed by atoms with Crippen LogP contribution in [-0.4, -0.2) is 51.1 Å². The molecule has 0 unspecified atom stereocenters. The summed E-state index contributed by atoms with van der Waals surface area (Å²) in [6.07, 6.45) is 1.56. The number of nitriles is 1. The second-order valence-corrected chi connectivity index (χ2v) is 7.49. The van der Waals surface area contributed by atoms with Crippen molar-refractivity contribution in [1.29, 1.82) is 5.26 Å². The highest BCUT2D eigenvalue weighted by Gasteiger charge is 2.18. The molecule has 1 heterocycles. The third kappa shape index (κ3) is 5.37. The minimum atomic E-state index is -2.84. The molecule has 0 atom stereocenters. The van der Waals surface area contributed by atoms with E-state index < -0.39 is 9.84 Å². The number of hydrogen-bond donors (Lipinski definition) is 0. The van der Waals surface area contributed by atoms with Crippen LogP contribution in [0.3, 0.4) is 0 Å². The zero-order chi connectivity index (χ0) is 15.1. The first-order chi connectivity index (χ1) is 10.1. The fraction of sp³-hybridized carbons (Fsp3) is 0.533. The lowest BCUT2D eigenvalue weighted by molar-refractivity contribution is 0.245. The van der Waals surface area contributed by atoms with Gasteiger partial charge < -0.3 is 9.64 Å². The number of rotatable bonds is 5. The van der Waals surface area contributed by atoms with E-state index in [1.165, 1.54) is 0 Å². The van der Waals surface area contributed by atoms with E-state index in [-0.39, 0.29) is 5.75 Å². The number of nitrogens with zero attached hydrogens (tertiary/aromatic N) is 2. The van der Waals surface area contributed by atoms with Crippen molar-refractivity contribution in [3.8, 4) is 11.8 Å². The molecule has 0 bridgehead atoms. The average Bonchev–Trinajstić information content (AvgIpc) is 2.65. The van der Waals surface area contributed by atoms with E-state index in [2.05, 4.69) is 11.0 Å². The smallest absolute Gasteiger partial charge is 0.151 e. The van der Waals surface area contributed by atoms with Gasteiger partial charge in [0.2, 0.25) is 0 Å². The van der Waals surface area contributed by atoms with Crippen LogP contribution in [0, 0.1) is 11.3 Å². The molecule has 0 aliphatic carbocycles. The maximum Gasteiger partial charge on any atom is 0.151 e. The Labute approximate surface area is 126 Å². The van der Waals surface area contributed by atoms with Crippen LogP contribution in [0.15, 0.2) is 24.3 Å². The van der Waals surface area contributed by atoms with E-state index in [4.69, 9.17) is 10.00 Å². The summed E-state index contributed by atoms with van der Waals surface area (Å²) in [7, 11) is -2.84.